The van der Waals surface area contributed by atoms with Crippen LogP contribution in [0.25, 0.3) is 78.8 Å². The molecule has 2 aliphatic rings. The van der Waals surface area contributed by atoms with Crippen molar-refractivity contribution < 1.29 is 0 Å². The normalized spacial score (nSPS) is 12.9. The third-order valence-corrected chi connectivity index (χ3v) is 11.2. The number of rotatable bonds is 5. The van der Waals surface area contributed by atoms with Crippen molar-refractivity contribution in [3.05, 3.63) is 217 Å². The number of aromatic nitrogens is 4. The number of pyridine rings is 1. The monoisotopic (exact) mass is 700 g/mol. The molecule has 4 heteroatoms. The third kappa shape index (κ3) is 4.78. The second-order valence-electron chi connectivity index (χ2n) is 14.2. The molecule has 0 aliphatic heterocycles. The van der Waals surface area contributed by atoms with Crippen molar-refractivity contribution in [3.63, 3.8) is 0 Å². The average molecular weight is 701 g/mol. The van der Waals surface area contributed by atoms with Gasteiger partial charge in [-0.15, -0.1) is 0 Å². The molecule has 0 N–H and O–H groups in total. The van der Waals surface area contributed by atoms with Crippen molar-refractivity contribution in [2.24, 2.45) is 0 Å². The Morgan fingerprint density at radius 1 is 0.309 bits per heavy atom. The fourth-order valence-corrected chi connectivity index (χ4v) is 8.86. The number of fused-ring (bicyclic) bond motifs is 10. The highest BCUT2D eigenvalue weighted by molar-refractivity contribution is 5.99. The van der Waals surface area contributed by atoms with Gasteiger partial charge in [-0.05, 0) is 73.8 Å². The summed E-state index contributed by atoms with van der Waals surface area (Å²) < 4.78 is 0. The van der Waals surface area contributed by atoms with E-state index < -0.39 is 5.41 Å². The summed E-state index contributed by atoms with van der Waals surface area (Å²) in [7, 11) is 0. The fraction of sp³-hybridized carbons (Fsp3) is 0.0196. The van der Waals surface area contributed by atoms with Gasteiger partial charge in [0.1, 0.15) is 0 Å². The number of hydrogen-bond acceptors (Lipinski definition) is 4. The highest BCUT2D eigenvalue weighted by atomic mass is 15.0. The molecule has 2 aromatic heterocycles. The maximum absolute atomic E-state index is 5.31. The van der Waals surface area contributed by atoms with E-state index in [1.165, 1.54) is 38.9 Å². The molecule has 0 fully saturated rings. The van der Waals surface area contributed by atoms with E-state index in [1.807, 2.05) is 36.5 Å². The minimum atomic E-state index is -0.463. The molecule has 0 radical (unpaired) electrons. The second kappa shape index (κ2) is 12.4. The average Bonchev–Trinajstić information content (AvgIpc) is 3.75. The van der Waals surface area contributed by atoms with E-state index in [9.17, 15) is 0 Å². The van der Waals surface area contributed by atoms with E-state index in [1.54, 1.807) is 0 Å². The van der Waals surface area contributed by atoms with Crippen LogP contribution >= 0.6 is 0 Å². The van der Waals surface area contributed by atoms with E-state index in [2.05, 4.69) is 158 Å². The van der Waals surface area contributed by atoms with Gasteiger partial charge in [-0.2, -0.15) is 0 Å². The Morgan fingerprint density at radius 2 is 0.800 bits per heavy atom. The van der Waals surface area contributed by atoms with Crippen LogP contribution in [0.2, 0.25) is 0 Å². The summed E-state index contributed by atoms with van der Waals surface area (Å²) in [5.41, 5.74) is 16.5. The zero-order valence-corrected chi connectivity index (χ0v) is 29.8. The third-order valence-electron chi connectivity index (χ3n) is 11.2. The summed E-state index contributed by atoms with van der Waals surface area (Å²) in [6, 6.07) is 66.5. The Hall–Kier alpha value is -7.30. The molecule has 0 bridgehead atoms. The van der Waals surface area contributed by atoms with E-state index in [0.717, 1.165) is 44.6 Å². The van der Waals surface area contributed by atoms with Crippen molar-refractivity contribution in [1.82, 2.24) is 19.9 Å². The molecule has 0 unspecified atom stereocenters. The minimum Gasteiger partial charge on any atom is -0.255 e. The lowest BCUT2D eigenvalue weighted by Crippen LogP contribution is -2.25. The SMILES string of the molecule is c1ccc(-c2cccc(-c3nc(-c4ccc(-c5ccccc5)nc4)nc(-c4cccc5c4-c4ccccc4C54c5ccccc5-c5ccccc54)n3)c2)cc1. The van der Waals surface area contributed by atoms with Crippen molar-refractivity contribution >= 4 is 0 Å². The van der Waals surface area contributed by atoms with Gasteiger partial charge < -0.3 is 0 Å². The van der Waals surface area contributed by atoms with Gasteiger partial charge in [0.25, 0.3) is 0 Å². The first kappa shape index (κ1) is 31.2. The molecular formula is C51H32N4. The fourth-order valence-electron chi connectivity index (χ4n) is 8.86. The molecule has 2 aliphatic carbocycles. The van der Waals surface area contributed by atoms with Gasteiger partial charge in [-0.1, -0.05) is 170 Å². The van der Waals surface area contributed by atoms with Crippen LogP contribution in [0, 0.1) is 0 Å². The van der Waals surface area contributed by atoms with E-state index in [0.29, 0.717) is 17.5 Å². The first-order valence-corrected chi connectivity index (χ1v) is 18.6. The lowest BCUT2D eigenvalue weighted by Gasteiger charge is -2.30. The molecule has 9 aromatic rings. The predicted molar refractivity (Wildman–Crippen MR) is 221 cm³/mol. The first-order chi connectivity index (χ1) is 27.3. The zero-order valence-electron chi connectivity index (χ0n) is 29.8. The van der Waals surface area contributed by atoms with Crippen molar-refractivity contribution in [3.8, 4) is 78.8 Å². The maximum atomic E-state index is 5.31. The summed E-state index contributed by atoms with van der Waals surface area (Å²) in [5, 5.41) is 0. The van der Waals surface area contributed by atoms with Gasteiger partial charge in [0.05, 0.1) is 11.1 Å². The topological polar surface area (TPSA) is 51.6 Å². The Balaban J connectivity index is 1.15. The maximum Gasteiger partial charge on any atom is 0.165 e. The molecule has 0 amide bonds. The second-order valence-corrected chi connectivity index (χ2v) is 14.2. The highest BCUT2D eigenvalue weighted by Crippen LogP contribution is 2.63. The minimum absolute atomic E-state index is 0.463. The summed E-state index contributed by atoms with van der Waals surface area (Å²) >= 11 is 0. The Bertz CT molecular complexity index is 2870. The van der Waals surface area contributed by atoms with Gasteiger partial charge in [-0.25, -0.2) is 15.0 Å². The number of hydrogen-bond donors (Lipinski definition) is 0. The van der Waals surface area contributed by atoms with Crippen LogP contribution in [0.1, 0.15) is 22.3 Å². The molecule has 0 saturated heterocycles. The van der Waals surface area contributed by atoms with Crippen molar-refractivity contribution in [2.45, 2.75) is 5.41 Å². The lowest BCUT2D eigenvalue weighted by molar-refractivity contribution is 0.794. The van der Waals surface area contributed by atoms with Crippen LogP contribution in [0.15, 0.2) is 194 Å². The van der Waals surface area contributed by atoms with Crippen molar-refractivity contribution in [1.29, 1.82) is 0 Å². The van der Waals surface area contributed by atoms with E-state index in [-0.39, 0.29) is 0 Å². The van der Waals surface area contributed by atoms with Crippen LogP contribution < -0.4 is 0 Å². The van der Waals surface area contributed by atoms with Gasteiger partial charge in [0.2, 0.25) is 0 Å². The largest absolute Gasteiger partial charge is 0.255 e. The lowest BCUT2D eigenvalue weighted by atomic mass is 9.70. The quantitative estimate of drug-likeness (QED) is 0.179. The summed E-state index contributed by atoms with van der Waals surface area (Å²) in [4.78, 5) is 20.6. The molecule has 7 aromatic carbocycles. The van der Waals surface area contributed by atoms with Crippen LogP contribution in [0.3, 0.4) is 0 Å². The molecule has 4 nitrogen and oxygen atoms in total. The molecule has 11 rings (SSSR count). The zero-order chi connectivity index (χ0) is 36.3. The summed E-state index contributed by atoms with van der Waals surface area (Å²) in [6.07, 6.45) is 1.87. The summed E-state index contributed by atoms with van der Waals surface area (Å²) in [6.45, 7) is 0. The predicted octanol–water partition coefficient (Wildman–Crippen LogP) is 11.9. The van der Waals surface area contributed by atoms with Crippen LogP contribution in [-0.4, -0.2) is 19.9 Å². The number of nitrogens with zero attached hydrogens (tertiary/aromatic N) is 4. The van der Waals surface area contributed by atoms with Crippen LogP contribution in [-0.2, 0) is 5.41 Å². The van der Waals surface area contributed by atoms with Crippen LogP contribution in [0.4, 0.5) is 0 Å². The van der Waals surface area contributed by atoms with Crippen LogP contribution in [0.5, 0.6) is 0 Å². The van der Waals surface area contributed by atoms with Gasteiger partial charge in [-0.3, -0.25) is 4.98 Å². The number of benzene rings is 7. The molecule has 2 heterocycles. The van der Waals surface area contributed by atoms with Gasteiger partial charge >= 0.3 is 0 Å². The standard InChI is InChI=1S/C51H32N4/c1-3-15-33(16-4-1)35-19-13-20-36(31-35)48-53-49(37-29-30-46(52-32-37)34-17-5-2-6-18-34)55-50(54-48)41-24-14-28-45-47(41)40-23-9-12-27-44(40)51(45)42-25-10-7-21-38(42)39-22-8-11-26-43(39)51/h1-32H. The van der Waals surface area contributed by atoms with Gasteiger partial charge in [0, 0.05) is 28.5 Å². The molecule has 55 heavy (non-hydrogen) atoms. The van der Waals surface area contributed by atoms with Crippen molar-refractivity contribution in [2.75, 3.05) is 0 Å². The van der Waals surface area contributed by atoms with E-state index in [4.69, 9.17) is 19.9 Å². The molecule has 1 spiro atoms. The Morgan fingerprint density at radius 3 is 1.47 bits per heavy atom. The highest BCUT2D eigenvalue weighted by Gasteiger charge is 2.52. The molecular weight excluding hydrogens is 669 g/mol. The molecule has 0 saturated carbocycles. The molecule has 256 valence electrons. The Labute approximate surface area is 319 Å². The van der Waals surface area contributed by atoms with Gasteiger partial charge in [0.15, 0.2) is 17.5 Å². The first-order valence-electron chi connectivity index (χ1n) is 18.6. The molecule has 0 atom stereocenters. The Kier molecular flexibility index (Phi) is 7.04. The smallest absolute Gasteiger partial charge is 0.165 e. The summed E-state index contributed by atoms with van der Waals surface area (Å²) in [5.74, 6) is 1.81. The van der Waals surface area contributed by atoms with E-state index >= 15 is 0 Å².